The lowest BCUT2D eigenvalue weighted by Crippen LogP contribution is -1.79. The fourth-order valence-corrected chi connectivity index (χ4v) is 4.57. The summed E-state index contributed by atoms with van der Waals surface area (Å²) in [6.07, 6.45) is 4.13. The Hall–Kier alpha value is -0.890. The molecule has 0 bridgehead atoms. The number of fused-ring (bicyclic) bond motifs is 2. The van der Waals surface area contributed by atoms with Gasteiger partial charge in [-0.05, 0) is 12.1 Å². The fourth-order valence-electron chi connectivity index (χ4n) is 1.89. The summed E-state index contributed by atoms with van der Waals surface area (Å²) in [5, 5.41) is 2.05. The lowest BCUT2D eigenvalue weighted by molar-refractivity contribution is 1.21. The first kappa shape index (κ1) is 14.1. The summed E-state index contributed by atoms with van der Waals surface area (Å²) in [5.41, 5.74) is 2.19. The number of hydrogen-bond acceptors (Lipinski definition) is 5. The van der Waals surface area contributed by atoms with E-state index in [2.05, 4.69) is 38.8 Å². The van der Waals surface area contributed by atoms with Gasteiger partial charge in [-0.2, -0.15) is 0 Å². The van der Waals surface area contributed by atoms with E-state index < -0.39 is 0 Å². The molecule has 0 saturated carbocycles. The molecule has 3 nitrogen and oxygen atoms in total. The van der Waals surface area contributed by atoms with Gasteiger partial charge in [0, 0.05) is 23.5 Å². The normalized spacial score (nSPS) is 11.0. The Bertz CT molecular complexity index is 787. The highest BCUT2D eigenvalue weighted by atomic mass is 79.9. The lowest BCUT2D eigenvalue weighted by atomic mass is 10.3. The first-order chi connectivity index (χ1) is 9.38. The molecule has 3 heterocycles. The Labute approximate surface area is 138 Å². The second kappa shape index (κ2) is 5.85. The molecule has 0 atom stereocenters. The molecule has 4 rings (SSSR count). The number of nitrogens with zero attached hydrogens (tertiary/aromatic N) is 3. The third kappa shape index (κ3) is 2.63. The summed E-state index contributed by atoms with van der Waals surface area (Å²) in [7, 11) is 0. The van der Waals surface area contributed by atoms with Gasteiger partial charge in [0.15, 0.2) is 9.30 Å². The molecule has 0 aliphatic heterocycles. The van der Waals surface area contributed by atoms with Crippen molar-refractivity contribution in [3.8, 4) is 0 Å². The number of para-hydroxylation sites is 1. The summed E-state index contributed by atoms with van der Waals surface area (Å²) in [5.74, 6) is 0.869. The highest BCUT2D eigenvalue weighted by Crippen LogP contribution is 2.31. The first-order valence-electron chi connectivity index (χ1n) is 5.78. The topological polar surface area (TPSA) is 30.2 Å². The van der Waals surface area contributed by atoms with Gasteiger partial charge in [0.1, 0.15) is 0 Å². The van der Waals surface area contributed by atoms with Gasteiger partial charge in [-0.15, -0.1) is 39.7 Å². The van der Waals surface area contributed by atoms with Gasteiger partial charge in [-0.3, -0.25) is 4.40 Å². The van der Waals surface area contributed by atoms with Crippen LogP contribution in [0.4, 0.5) is 0 Å². The van der Waals surface area contributed by atoms with E-state index in [1.807, 2.05) is 17.6 Å². The van der Waals surface area contributed by atoms with Crippen molar-refractivity contribution in [1.82, 2.24) is 14.4 Å². The van der Waals surface area contributed by atoms with E-state index in [0.717, 1.165) is 26.3 Å². The Morgan fingerprint density at radius 3 is 2.95 bits per heavy atom. The lowest BCUT2D eigenvalue weighted by Gasteiger charge is -1.91. The van der Waals surface area contributed by atoms with E-state index in [-0.39, 0.29) is 17.0 Å². The largest absolute Gasteiger partial charge is 0.297 e. The number of halogens is 1. The highest BCUT2D eigenvalue weighted by Gasteiger charge is 2.07. The minimum absolute atomic E-state index is 0. The molecule has 4 aromatic rings. The zero-order chi connectivity index (χ0) is 12.7. The molecule has 102 valence electrons. The van der Waals surface area contributed by atoms with Gasteiger partial charge in [0.2, 0.25) is 0 Å². The van der Waals surface area contributed by atoms with Gasteiger partial charge < -0.3 is 0 Å². The number of hydrogen-bond donors (Lipinski definition) is 0. The average Bonchev–Trinajstić information content (AvgIpc) is 3.09. The molecule has 0 N–H and O–H groups in total. The van der Waals surface area contributed by atoms with Gasteiger partial charge in [-0.1, -0.05) is 23.9 Å². The zero-order valence-corrected chi connectivity index (χ0v) is 14.4. The van der Waals surface area contributed by atoms with Crippen LogP contribution in [0, 0.1) is 0 Å². The van der Waals surface area contributed by atoms with Gasteiger partial charge in [0.05, 0.1) is 15.9 Å². The summed E-state index contributed by atoms with van der Waals surface area (Å²) in [6.45, 7) is 0. The molecule has 0 radical (unpaired) electrons. The predicted molar refractivity (Wildman–Crippen MR) is 92.6 cm³/mol. The smallest absolute Gasteiger partial charge is 0.193 e. The summed E-state index contributed by atoms with van der Waals surface area (Å²) in [6, 6.07) is 8.25. The summed E-state index contributed by atoms with van der Waals surface area (Å²) in [4.78, 5) is 10.3. The van der Waals surface area contributed by atoms with Crippen molar-refractivity contribution in [2.45, 2.75) is 10.1 Å². The van der Waals surface area contributed by atoms with Crippen molar-refractivity contribution in [2.24, 2.45) is 0 Å². The predicted octanol–water partition coefficient (Wildman–Crippen LogP) is 4.88. The Kier molecular flexibility index (Phi) is 4.11. The Morgan fingerprint density at radius 2 is 2.10 bits per heavy atom. The molecule has 0 spiro atoms. The van der Waals surface area contributed by atoms with E-state index in [1.54, 1.807) is 34.4 Å². The van der Waals surface area contributed by atoms with Crippen LogP contribution < -0.4 is 0 Å². The van der Waals surface area contributed by atoms with Crippen molar-refractivity contribution in [3.05, 3.63) is 47.7 Å². The van der Waals surface area contributed by atoms with Crippen LogP contribution in [0.5, 0.6) is 0 Å². The highest BCUT2D eigenvalue weighted by molar-refractivity contribution is 8.93. The maximum absolute atomic E-state index is 4.62. The van der Waals surface area contributed by atoms with Crippen LogP contribution in [-0.4, -0.2) is 14.4 Å². The quantitative estimate of drug-likeness (QED) is 0.472. The molecular weight excluding hydrogens is 374 g/mol. The number of benzene rings is 1. The van der Waals surface area contributed by atoms with Crippen LogP contribution in [-0.2, 0) is 5.75 Å². The van der Waals surface area contributed by atoms with Crippen molar-refractivity contribution in [1.29, 1.82) is 0 Å². The number of rotatable bonds is 3. The molecule has 1 aromatic carbocycles. The number of imidazole rings is 1. The molecule has 0 unspecified atom stereocenters. The molecule has 3 aromatic heterocycles. The van der Waals surface area contributed by atoms with Crippen molar-refractivity contribution in [2.75, 3.05) is 0 Å². The second-order valence-electron chi connectivity index (χ2n) is 4.06. The van der Waals surface area contributed by atoms with Gasteiger partial charge in [0.25, 0.3) is 0 Å². The van der Waals surface area contributed by atoms with Crippen LogP contribution in [0.1, 0.15) is 5.69 Å². The SMILES string of the molecule is Br.c1ccc2sc(SCc3cn4ccsc4n3)nc2c1. The third-order valence-electron chi connectivity index (χ3n) is 2.76. The average molecular weight is 384 g/mol. The fraction of sp³-hybridized carbons (Fsp3) is 0.0769. The van der Waals surface area contributed by atoms with Crippen LogP contribution >= 0.6 is 51.4 Å². The summed E-state index contributed by atoms with van der Waals surface area (Å²) >= 11 is 5.16. The minimum atomic E-state index is 0. The molecule has 0 saturated heterocycles. The van der Waals surface area contributed by atoms with Crippen molar-refractivity contribution in [3.63, 3.8) is 0 Å². The zero-order valence-electron chi connectivity index (χ0n) is 10.2. The molecular formula is C13H10BrN3S3. The van der Waals surface area contributed by atoms with E-state index in [9.17, 15) is 0 Å². The van der Waals surface area contributed by atoms with Crippen molar-refractivity contribution >= 4 is 66.6 Å². The molecule has 0 aliphatic rings. The van der Waals surface area contributed by atoms with Gasteiger partial charge in [-0.25, -0.2) is 9.97 Å². The van der Waals surface area contributed by atoms with Crippen LogP contribution in [0.15, 0.2) is 46.4 Å². The molecule has 0 fully saturated rings. The maximum Gasteiger partial charge on any atom is 0.193 e. The van der Waals surface area contributed by atoms with E-state index in [1.165, 1.54) is 4.70 Å². The van der Waals surface area contributed by atoms with Crippen LogP contribution in [0.2, 0.25) is 0 Å². The van der Waals surface area contributed by atoms with Gasteiger partial charge >= 0.3 is 0 Å². The molecule has 7 heteroatoms. The Balaban J connectivity index is 0.00000121. The molecule has 20 heavy (non-hydrogen) atoms. The maximum atomic E-state index is 4.62. The van der Waals surface area contributed by atoms with E-state index in [4.69, 9.17) is 0 Å². The van der Waals surface area contributed by atoms with E-state index in [0.29, 0.717) is 0 Å². The van der Waals surface area contributed by atoms with E-state index >= 15 is 0 Å². The summed E-state index contributed by atoms with van der Waals surface area (Å²) < 4.78 is 4.42. The second-order valence-corrected chi connectivity index (χ2v) is 7.19. The molecule has 0 amide bonds. The number of thiazole rings is 2. The van der Waals surface area contributed by atoms with Crippen LogP contribution in [0.25, 0.3) is 15.2 Å². The van der Waals surface area contributed by atoms with Crippen LogP contribution in [0.3, 0.4) is 0 Å². The monoisotopic (exact) mass is 383 g/mol. The Morgan fingerprint density at radius 1 is 1.20 bits per heavy atom. The minimum Gasteiger partial charge on any atom is -0.297 e. The number of aromatic nitrogens is 3. The first-order valence-corrected chi connectivity index (χ1v) is 8.46. The molecule has 0 aliphatic carbocycles. The standard InChI is InChI=1S/C13H9N3S3.BrH/c1-2-4-11-10(3-1)15-13(19-11)18-8-9-7-16-5-6-17-12(16)14-9;/h1-7H,8H2;1H. The number of thioether (sulfide) groups is 1. The third-order valence-corrected chi connectivity index (χ3v) is 5.74. The van der Waals surface area contributed by atoms with Crippen molar-refractivity contribution < 1.29 is 0 Å².